The van der Waals surface area contributed by atoms with Gasteiger partial charge in [0.1, 0.15) is 5.01 Å². The molecule has 0 saturated heterocycles. The third-order valence-electron chi connectivity index (χ3n) is 3.10. The van der Waals surface area contributed by atoms with Gasteiger partial charge in [0.15, 0.2) is 5.78 Å². The summed E-state index contributed by atoms with van der Waals surface area (Å²) >= 11 is 3.58. The van der Waals surface area contributed by atoms with Crippen molar-refractivity contribution in [3.63, 3.8) is 0 Å². The molecule has 1 aromatic heterocycles. The Morgan fingerprint density at radius 2 is 2.10 bits per heavy atom. The van der Waals surface area contributed by atoms with Crippen molar-refractivity contribution in [2.24, 2.45) is 0 Å². The molecule has 1 aromatic carbocycles. The van der Waals surface area contributed by atoms with Gasteiger partial charge in [0.05, 0.1) is 12.1 Å². The van der Waals surface area contributed by atoms with Crippen LogP contribution in [0.25, 0.3) is 0 Å². The number of carbonyl (C=O) groups is 1. The van der Waals surface area contributed by atoms with Gasteiger partial charge in [0, 0.05) is 21.9 Å². The van der Waals surface area contributed by atoms with E-state index in [1.54, 1.807) is 11.3 Å². The van der Waals surface area contributed by atoms with Gasteiger partial charge in [-0.15, -0.1) is 11.3 Å². The first kappa shape index (κ1) is 15.3. The Bertz CT molecular complexity index is 551. The number of aromatic nitrogens is 1. The van der Waals surface area contributed by atoms with Crippen LogP contribution in [0.5, 0.6) is 0 Å². The molecule has 0 saturated carbocycles. The van der Waals surface area contributed by atoms with Crippen molar-refractivity contribution in [2.45, 2.75) is 37.7 Å². The molecule has 1 unspecified atom stereocenters. The lowest BCUT2D eigenvalue weighted by Crippen LogP contribution is -2.03. The third kappa shape index (κ3) is 4.46. The van der Waals surface area contributed by atoms with Gasteiger partial charge in [0.2, 0.25) is 0 Å². The molecular formula is C16H19NOS2. The van der Waals surface area contributed by atoms with Crippen LogP contribution in [0.3, 0.4) is 0 Å². The topological polar surface area (TPSA) is 30.0 Å². The zero-order chi connectivity index (χ0) is 14.4. The molecule has 0 radical (unpaired) electrons. The molecule has 0 bridgehead atoms. The summed E-state index contributed by atoms with van der Waals surface area (Å²) < 4.78 is 0. The van der Waals surface area contributed by atoms with E-state index in [1.165, 1.54) is 6.42 Å². The molecule has 0 fully saturated rings. The van der Waals surface area contributed by atoms with Crippen molar-refractivity contribution in [1.29, 1.82) is 0 Å². The highest BCUT2D eigenvalue weighted by Gasteiger charge is 2.10. The quantitative estimate of drug-likeness (QED) is 0.700. The second-order valence-corrected chi connectivity index (χ2v) is 7.10. The van der Waals surface area contributed by atoms with Gasteiger partial charge in [-0.1, -0.05) is 44.2 Å². The van der Waals surface area contributed by atoms with Crippen LogP contribution in [0.1, 0.15) is 41.3 Å². The Balaban J connectivity index is 1.91. The maximum absolute atomic E-state index is 12.1. The molecule has 0 N–H and O–H groups in total. The average Bonchev–Trinajstić information content (AvgIpc) is 2.93. The molecular weight excluding hydrogens is 286 g/mol. The standard InChI is InChI=1S/C16H19NOS2/c1-3-12(2)19-11-16-17-14(10-20-16)9-15(18)13-7-5-4-6-8-13/h4-8,10,12H,3,9,11H2,1-2H3. The van der Waals surface area contributed by atoms with Crippen molar-refractivity contribution in [3.8, 4) is 0 Å². The summed E-state index contributed by atoms with van der Waals surface area (Å²) in [5.74, 6) is 1.08. The van der Waals surface area contributed by atoms with E-state index in [4.69, 9.17) is 0 Å². The Morgan fingerprint density at radius 1 is 1.35 bits per heavy atom. The molecule has 0 aliphatic heterocycles. The summed E-state index contributed by atoms with van der Waals surface area (Å²) in [6.07, 6.45) is 1.57. The van der Waals surface area contributed by atoms with Crippen LogP contribution >= 0.6 is 23.1 Å². The predicted molar refractivity (Wildman–Crippen MR) is 87.6 cm³/mol. The van der Waals surface area contributed by atoms with E-state index < -0.39 is 0 Å². The van der Waals surface area contributed by atoms with Gasteiger partial charge in [-0.2, -0.15) is 11.8 Å². The number of ketones is 1. The lowest BCUT2D eigenvalue weighted by atomic mass is 10.1. The van der Waals surface area contributed by atoms with Crippen LogP contribution in [0.2, 0.25) is 0 Å². The highest BCUT2D eigenvalue weighted by molar-refractivity contribution is 7.99. The zero-order valence-corrected chi connectivity index (χ0v) is 13.5. The largest absolute Gasteiger partial charge is 0.294 e. The van der Waals surface area contributed by atoms with Crippen LogP contribution in [-0.2, 0) is 12.2 Å². The maximum Gasteiger partial charge on any atom is 0.168 e. The zero-order valence-electron chi connectivity index (χ0n) is 11.8. The maximum atomic E-state index is 12.1. The van der Waals surface area contributed by atoms with Gasteiger partial charge < -0.3 is 0 Å². The van der Waals surface area contributed by atoms with Gasteiger partial charge in [-0.05, 0) is 6.42 Å². The Labute approximate surface area is 128 Å². The van der Waals surface area contributed by atoms with Crippen molar-refractivity contribution in [3.05, 3.63) is 52.0 Å². The minimum absolute atomic E-state index is 0.136. The number of nitrogens with zero attached hydrogens (tertiary/aromatic N) is 1. The summed E-state index contributed by atoms with van der Waals surface area (Å²) in [4.78, 5) is 16.7. The molecule has 20 heavy (non-hydrogen) atoms. The van der Waals surface area contributed by atoms with Gasteiger partial charge in [-0.25, -0.2) is 4.98 Å². The van der Waals surface area contributed by atoms with E-state index in [0.717, 1.165) is 22.0 Å². The number of rotatable bonds is 7. The lowest BCUT2D eigenvalue weighted by molar-refractivity contribution is 0.0992. The summed E-state index contributed by atoms with van der Waals surface area (Å²) in [7, 11) is 0. The van der Waals surface area contributed by atoms with E-state index in [2.05, 4.69) is 18.8 Å². The van der Waals surface area contributed by atoms with Crippen molar-refractivity contribution in [1.82, 2.24) is 4.98 Å². The molecule has 2 nitrogen and oxygen atoms in total. The number of hydrogen-bond donors (Lipinski definition) is 0. The number of thioether (sulfide) groups is 1. The van der Waals surface area contributed by atoms with Gasteiger partial charge in [-0.3, -0.25) is 4.79 Å². The highest BCUT2D eigenvalue weighted by atomic mass is 32.2. The molecule has 0 spiro atoms. The molecule has 2 aromatic rings. The van der Waals surface area contributed by atoms with Crippen molar-refractivity contribution >= 4 is 28.9 Å². The molecule has 0 amide bonds. The second kappa shape index (κ2) is 7.60. The first-order valence-corrected chi connectivity index (χ1v) is 8.75. The molecule has 0 aliphatic carbocycles. The fourth-order valence-electron chi connectivity index (χ4n) is 1.72. The van der Waals surface area contributed by atoms with Gasteiger partial charge >= 0.3 is 0 Å². The van der Waals surface area contributed by atoms with Crippen LogP contribution in [-0.4, -0.2) is 16.0 Å². The minimum Gasteiger partial charge on any atom is -0.294 e. The molecule has 2 rings (SSSR count). The van der Waals surface area contributed by atoms with Crippen LogP contribution < -0.4 is 0 Å². The Morgan fingerprint density at radius 3 is 2.80 bits per heavy atom. The third-order valence-corrected chi connectivity index (χ3v) is 5.53. The number of carbonyl (C=O) groups excluding carboxylic acids is 1. The van der Waals surface area contributed by atoms with E-state index in [9.17, 15) is 4.79 Å². The van der Waals surface area contributed by atoms with E-state index in [-0.39, 0.29) is 5.78 Å². The number of hydrogen-bond acceptors (Lipinski definition) is 4. The highest BCUT2D eigenvalue weighted by Crippen LogP contribution is 2.22. The fraction of sp³-hybridized carbons (Fsp3) is 0.375. The minimum atomic E-state index is 0.136. The van der Waals surface area contributed by atoms with E-state index in [0.29, 0.717) is 11.7 Å². The number of thiazole rings is 1. The van der Waals surface area contributed by atoms with Crippen LogP contribution in [0.15, 0.2) is 35.7 Å². The molecule has 0 aliphatic rings. The fourth-order valence-corrected chi connectivity index (χ4v) is 3.50. The normalized spacial score (nSPS) is 12.3. The SMILES string of the molecule is CCC(C)SCc1nc(CC(=O)c2ccccc2)cs1. The predicted octanol–water partition coefficient (Wildman–Crippen LogP) is 4.60. The summed E-state index contributed by atoms with van der Waals surface area (Å²) in [5.41, 5.74) is 1.65. The number of Topliss-reactive ketones (excluding diaryl/α,β-unsaturated/α-hetero) is 1. The Kier molecular flexibility index (Phi) is 5.80. The molecule has 1 heterocycles. The molecule has 4 heteroatoms. The molecule has 106 valence electrons. The van der Waals surface area contributed by atoms with Crippen LogP contribution in [0.4, 0.5) is 0 Å². The Hall–Kier alpha value is -1.13. The van der Waals surface area contributed by atoms with Crippen LogP contribution in [0, 0.1) is 0 Å². The van der Waals surface area contributed by atoms with Crippen molar-refractivity contribution in [2.75, 3.05) is 0 Å². The smallest absolute Gasteiger partial charge is 0.168 e. The first-order chi connectivity index (χ1) is 9.69. The lowest BCUT2D eigenvalue weighted by Gasteiger charge is -2.05. The summed E-state index contributed by atoms with van der Waals surface area (Å²) in [5, 5.41) is 3.78. The molecule has 1 atom stereocenters. The average molecular weight is 305 g/mol. The van der Waals surface area contributed by atoms with E-state index in [1.807, 2.05) is 47.5 Å². The van der Waals surface area contributed by atoms with E-state index >= 15 is 0 Å². The summed E-state index contributed by atoms with van der Waals surface area (Å²) in [6, 6.07) is 9.41. The summed E-state index contributed by atoms with van der Waals surface area (Å²) in [6.45, 7) is 4.43. The first-order valence-electron chi connectivity index (χ1n) is 6.82. The van der Waals surface area contributed by atoms with Crippen molar-refractivity contribution < 1.29 is 4.79 Å². The second-order valence-electron chi connectivity index (χ2n) is 4.73. The number of benzene rings is 1. The monoisotopic (exact) mass is 305 g/mol. The van der Waals surface area contributed by atoms with Gasteiger partial charge in [0.25, 0.3) is 0 Å².